The average Bonchev–Trinajstić information content (AvgIpc) is 3.97. The zero-order chi connectivity index (χ0) is 39.5. The van der Waals surface area contributed by atoms with Gasteiger partial charge in [0.05, 0.1) is 31.0 Å². The quantitative estimate of drug-likeness (QED) is 0.178. The molecule has 0 spiro atoms. The molecular weight excluding hydrogens is 791 g/mol. The molecule has 4 saturated heterocycles. The standard InChI is InChI=1S/C21H28N5O4S2.C17H27N4O3S/c1-2-6-26(15-3-7-29-8-4-15)19-18-17(5-9-32(18)28)23-21(24-19)25-11-16(12-25)30-20(27)14-10-22-31-13-14;1-2-6-21(12-3-7-24-8-4-12)16-15-14(5-9-25(15)23)18-17(19-16)20-10-13(22)11-20/h10,13,15-16,28H,2-9,11-12H2,1H3;12-13,22-23H,2-11H2,1H3/q2*+1. The van der Waals surface area contributed by atoms with Crippen LogP contribution in [0.3, 0.4) is 0 Å². The maximum absolute atomic E-state index is 12.2. The number of carbonyl (C=O) groups is 1. The highest BCUT2D eigenvalue weighted by Gasteiger charge is 2.44. The van der Waals surface area contributed by atoms with Crippen molar-refractivity contribution in [2.45, 2.75) is 99.3 Å². The van der Waals surface area contributed by atoms with Crippen LogP contribution in [0.1, 0.15) is 74.1 Å². The van der Waals surface area contributed by atoms with Crippen LogP contribution in [0.15, 0.2) is 21.4 Å². The van der Waals surface area contributed by atoms with Crippen LogP contribution in [0.25, 0.3) is 0 Å². The Morgan fingerprint density at radius 3 is 1.74 bits per heavy atom. The first kappa shape index (κ1) is 40.7. The van der Waals surface area contributed by atoms with Crippen molar-refractivity contribution in [3.05, 3.63) is 28.5 Å². The van der Waals surface area contributed by atoms with E-state index < -0.39 is 22.4 Å². The number of carbonyl (C=O) groups excluding carboxylic acids is 1. The van der Waals surface area contributed by atoms with Gasteiger partial charge in [0.2, 0.25) is 11.9 Å². The molecule has 3 aromatic rings. The summed E-state index contributed by atoms with van der Waals surface area (Å²) >= 11 is -0.346. The minimum Gasteiger partial charge on any atom is -0.455 e. The second-order valence-electron chi connectivity index (χ2n) is 15.4. The molecule has 0 amide bonds. The molecular formula is C38H55N9O7S3+2. The van der Waals surface area contributed by atoms with Gasteiger partial charge in [-0.15, -0.1) is 0 Å². The van der Waals surface area contributed by atoms with Crippen LogP contribution in [-0.2, 0) is 49.4 Å². The van der Waals surface area contributed by atoms with Crippen LogP contribution in [0, 0.1) is 0 Å². The Balaban J connectivity index is 0.000000165. The molecule has 0 aromatic carbocycles. The molecule has 3 N–H and O–H groups in total. The maximum atomic E-state index is 12.2. The number of hydrogen-bond acceptors (Lipinski definition) is 17. The Labute approximate surface area is 344 Å². The number of esters is 1. The minimum atomic E-state index is -0.816. The van der Waals surface area contributed by atoms with Crippen molar-refractivity contribution in [3.8, 4) is 0 Å². The van der Waals surface area contributed by atoms with Crippen LogP contribution in [-0.4, -0.2) is 146 Å². The Kier molecular flexibility index (Phi) is 13.2. The first-order valence-corrected chi connectivity index (χ1v) is 23.9. The minimum absolute atomic E-state index is 0.183. The second-order valence-corrected chi connectivity index (χ2v) is 19.1. The van der Waals surface area contributed by atoms with E-state index >= 15 is 0 Å². The van der Waals surface area contributed by atoms with Gasteiger partial charge in [-0.2, -0.15) is 19.1 Å². The van der Waals surface area contributed by atoms with Crippen LogP contribution in [0.5, 0.6) is 0 Å². The van der Waals surface area contributed by atoms with Gasteiger partial charge in [0.25, 0.3) is 9.79 Å². The Morgan fingerprint density at radius 2 is 1.30 bits per heavy atom. The van der Waals surface area contributed by atoms with Gasteiger partial charge in [0.1, 0.15) is 17.5 Å². The van der Waals surface area contributed by atoms with Crippen LogP contribution in [0.4, 0.5) is 23.5 Å². The van der Waals surface area contributed by atoms with E-state index in [0.717, 1.165) is 129 Å². The zero-order valence-corrected chi connectivity index (χ0v) is 35.3. The summed E-state index contributed by atoms with van der Waals surface area (Å²) in [6.45, 7) is 11.6. The molecule has 0 aliphatic carbocycles. The fourth-order valence-corrected chi connectivity index (χ4v) is 11.5. The lowest BCUT2D eigenvalue weighted by molar-refractivity contribution is 0.0231. The highest BCUT2D eigenvalue weighted by molar-refractivity contribution is 7.92. The summed E-state index contributed by atoms with van der Waals surface area (Å²) in [7, 11) is 0. The monoisotopic (exact) mass is 845 g/mol. The van der Waals surface area contributed by atoms with Crippen molar-refractivity contribution < 1.29 is 33.2 Å². The van der Waals surface area contributed by atoms with Crippen molar-refractivity contribution in [1.29, 1.82) is 0 Å². The SMILES string of the molecule is CCCN(c1nc(N2CC(O)C2)nc2c1[S+](O)CC2)C1CCOCC1.CCCN(c1nc(N2CC(OC(=O)c3cnsc3)C2)nc2c1[S+](O)CC2)C1CCOCC1. The van der Waals surface area contributed by atoms with E-state index in [1.54, 1.807) is 5.38 Å². The number of nitrogens with zero attached hydrogens (tertiary/aromatic N) is 9. The molecule has 310 valence electrons. The van der Waals surface area contributed by atoms with Crippen molar-refractivity contribution in [2.24, 2.45) is 0 Å². The summed E-state index contributed by atoms with van der Waals surface area (Å²) in [5.74, 6) is 4.28. The molecule has 0 radical (unpaired) electrons. The zero-order valence-electron chi connectivity index (χ0n) is 32.8. The van der Waals surface area contributed by atoms with Gasteiger partial charge in [-0.05, 0) is 50.1 Å². The Morgan fingerprint density at radius 1 is 0.807 bits per heavy atom. The van der Waals surface area contributed by atoms with E-state index in [2.05, 4.69) is 32.9 Å². The number of β-amino-alcohol motifs (C(OH)–C–C–N with tert-alkyl or cyclic N) is 1. The summed E-state index contributed by atoms with van der Waals surface area (Å²) in [6.07, 6.45) is 8.60. The number of hydrogen-bond donors (Lipinski definition) is 3. The fourth-order valence-electron chi connectivity index (χ4n) is 8.24. The molecule has 2 unspecified atom stereocenters. The van der Waals surface area contributed by atoms with Crippen LogP contribution < -0.4 is 19.6 Å². The van der Waals surface area contributed by atoms with Crippen molar-refractivity contribution in [2.75, 3.05) is 96.8 Å². The molecule has 16 nitrogen and oxygen atoms in total. The number of aliphatic hydroxyl groups excluding tert-OH is 1. The third kappa shape index (κ3) is 8.95. The Hall–Kier alpha value is -3.04. The summed E-state index contributed by atoms with van der Waals surface area (Å²) in [5, 5.41) is 11.3. The molecule has 0 saturated carbocycles. The lowest BCUT2D eigenvalue weighted by Gasteiger charge is -2.39. The summed E-state index contributed by atoms with van der Waals surface area (Å²) in [5.41, 5.74) is 2.43. The topological polar surface area (TPSA) is 183 Å². The normalized spacial score (nSPS) is 22.6. The smallest absolute Gasteiger partial charge is 0.341 e. The molecule has 6 aliphatic heterocycles. The third-order valence-corrected chi connectivity index (χ3v) is 14.8. The lowest BCUT2D eigenvalue weighted by Crippen LogP contribution is -2.54. The number of anilines is 4. The molecule has 0 bridgehead atoms. The van der Waals surface area contributed by atoms with E-state index in [1.807, 2.05) is 4.90 Å². The van der Waals surface area contributed by atoms with Crippen LogP contribution >= 0.6 is 11.5 Å². The van der Waals surface area contributed by atoms with E-state index in [0.29, 0.717) is 61.5 Å². The van der Waals surface area contributed by atoms with Crippen molar-refractivity contribution in [3.63, 3.8) is 0 Å². The summed E-state index contributed by atoms with van der Waals surface area (Å²) in [6, 6.07) is 0.762. The number of ether oxygens (including phenoxy) is 3. The number of fused-ring (bicyclic) bond motifs is 2. The van der Waals surface area contributed by atoms with Gasteiger partial charge in [0.15, 0.2) is 45.5 Å². The highest BCUT2D eigenvalue weighted by Crippen LogP contribution is 2.39. The Bertz CT molecular complexity index is 1820. The molecule has 9 heterocycles. The molecule has 4 fully saturated rings. The molecule has 57 heavy (non-hydrogen) atoms. The molecule has 19 heteroatoms. The van der Waals surface area contributed by atoms with Crippen molar-refractivity contribution >= 4 is 63.4 Å². The predicted octanol–water partition coefficient (Wildman–Crippen LogP) is 3.44. The average molecular weight is 846 g/mol. The maximum Gasteiger partial charge on any atom is 0.341 e. The molecule has 2 atom stereocenters. The first-order chi connectivity index (χ1) is 27.8. The van der Waals surface area contributed by atoms with E-state index in [9.17, 15) is 19.0 Å². The van der Waals surface area contributed by atoms with Gasteiger partial charge < -0.3 is 38.9 Å². The number of aryl methyl sites for hydroxylation is 2. The van der Waals surface area contributed by atoms with Crippen LogP contribution in [0.2, 0.25) is 0 Å². The predicted molar refractivity (Wildman–Crippen MR) is 222 cm³/mol. The van der Waals surface area contributed by atoms with E-state index in [4.69, 9.17) is 34.1 Å². The molecule has 3 aromatic heterocycles. The molecule has 6 aliphatic rings. The van der Waals surface area contributed by atoms with Gasteiger partial charge in [-0.3, -0.25) is 0 Å². The summed E-state index contributed by atoms with van der Waals surface area (Å²) < 4.78 is 41.9. The highest BCUT2D eigenvalue weighted by atomic mass is 32.2. The third-order valence-electron chi connectivity index (χ3n) is 11.3. The number of rotatable bonds is 12. The number of aromatic nitrogens is 5. The number of aliphatic hydroxyl groups is 1. The van der Waals surface area contributed by atoms with E-state index in [1.165, 1.54) is 17.7 Å². The van der Waals surface area contributed by atoms with Gasteiger partial charge in [-0.25, -0.2) is 19.1 Å². The second kappa shape index (κ2) is 18.5. The summed E-state index contributed by atoms with van der Waals surface area (Å²) in [4.78, 5) is 42.2. The molecule has 9 rings (SSSR count). The lowest BCUT2D eigenvalue weighted by atomic mass is 10.1. The van der Waals surface area contributed by atoms with Gasteiger partial charge in [-0.1, -0.05) is 13.8 Å². The first-order valence-electron chi connectivity index (χ1n) is 20.4. The van der Waals surface area contributed by atoms with Gasteiger partial charge >= 0.3 is 5.97 Å². The largest absolute Gasteiger partial charge is 0.455 e. The van der Waals surface area contributed by atoms with Gasteiger partial charge in [0, 0.05) is 82.9 Å². The fraction of sp³-hybridized carbons (Fsp3) is 0.684. The van der Waals surface area contributed by atoms with E-state index in [-0.39, 0.29) is 18.2 Å². The van der Waals surface area contributed by atoms with Crippen molar-refractivity contribution in [1.82, 2.24) is 24.3 Å².